The number of hydrogen-bond donors (Lipinski definition) is 1. The lowest BCUT2D eigenvalue weighted by Crippen LogP contribution is -2.43. The lowest BCUT2D eigenvalue weighted by atomic mass is 10.1. The number of nitrogens with one attached hydrogen (secondary N) is 1. The summed E-state index contributed by atoms with van der Waals surface area (Å²) >= 11 is 1.86. The van der Waals surface area contributed by atoms with Gasteiger partial charge in [0.25, 0.3) is 0 Å². The van der Waals surface area contributed by atoms with Gasteiger partial charge in [-0.2, -0.15) is 0 Å². The third kappa shape index (κ3) is 2.62. The predicted molar refractivity (Wildman–Crippen MR) is 66.6 cm³/mol. The average molecular weight is 238 g/mol. The van der Waals surface area contributed by atoms with Gasteiger partial charge in [0, 0.05) is 37.5 Å². The molecule has 0 radical (unpaired) electrons. The first-order chi connectivity index (χ1) is 7.66. The van der Waals surface area contributed by atoms with Gasteiger partial charge >= 0.3 is 0 Å². The van der Waals surface area contributed by atoms with E-state index in [1.165, 1.54) is 10.4 Å². The van der Waals surface area contributed by atoms with Gasteiger partial charge in [0.1, 0.15) is 0 Å². The second-order valence-electron chi connectivity index (χ2n) is 4.38. The molecule has 16 heavy (non-hydrogen) atoms. The Labute approximate surface area is 100 Å². The number of thiophene rings is 1. The Balaban J connectivity index is 1.90. The van der Waals surface area contributed by atoms with Crippen molar-refractivity contribution in [2.75, 3.05) is 13.1 Å². The molecule has 1 atom stereocenters. The Hall–Kier alpha value is -0.870. The summed E-state index contributed by atoms with van der Waals surface area (Å²) in [6.07, 6.45) is 1.15. The maximum absolute atomic E-state index is 10.9. The van der Waals surface area contributed by atoms with Crippen LogP contribution in [0.1, 0.15) is 24.3 Å². The average Bonchev–Trinajstić information content (AvgIpc) is 2.72. The molecule has 3 nitrogen and oxygen atoms in total. The highest BCUT2D eigenvalue weighted by molar-refractivity contribution is 7.10. The number of amides is 1. The van der Waals surface area contributed by atoms with Crippen molar-refractivity contribution < 1.29 is 4.79 Å². The molecule has 0 aromatic carbocycles. The summed E-state index contributed by atoms with van der Waals surface area (Å²) in [6.45, 7) is 6.62. The molecule has 1 unspecified atom stereocenters. The molecule has 2 rings (SSSR count). The molecular formula is C12H18N2OS. The standard InChI is InChI=1S/C12H18N2OS/c1-9(7-13-10(2)15)14-5-3-12-11(8-14)4-6-16-12/h4,6,9H,3,5,7-8H2,1-2H3,(H,13,15). The number of nitrogens with zero attached hydrogens (tertiary/aromatic N) is 1. The van der Waals surface area contributed by atoms with Gasteiger partial charge in [-0.3, -0.25) is 9.69 Å². The molecule has 1 aliphatic heterocycles. The lowest BCUT2D eigenvalue weighted by molar-refractivity contribution is -0.119. The van der Waals surface area contributed by atoms with E-state index in [2.05, 4.69) is 28.6 Å². The Kier molecular flexibility index (Phi) is 3.61. The van der Waals surface area contributed by atoms with Crippen LogP contribution in [0.5, 0.6) is 0 Å². The number of hydrogen-bond acceptors (Lipinski definition) is 3. The highest BCUT2D eigenvalue weighted by atomic mass is 32.1. The molecule has 1 aliphatic rings. The van der Waals surface area contributed by atoms with Crippen molar-refractivity contribution >= 4 is 17.2 Å². The lowest BCUT2D eigenvalue weighted by Gasteiger charge is -2.32. The zero-order valence-electron chi connectivity index (χ0n) is 9.82. The van der Waals surface area contributed by atoms with Gasteiger partial charge in [-0.05, 0) is 30.4 Å². The van der Waals surface area contributed by atoms with Gasteiger partial charge in [0.15, 0.2) is 0 Å². The molecule has 1 aromatic rings. The van der Waals surface area contributed by atoms with Gasteiger partial charge in [-0.15, -0.1) is 11.3 Å². The second kappa shape index (κ2) is 4.97. The molecule has 0 saturated carbocycles. The number of carbonyl (C=O) groups is 1. The molecule has 1 amide bonds. The molecule has 0 aliphatic carbocycles. The van der Waals surface area contributed by atoms with E-state index in [1.54, 1.807) is 6.92 Å². The van der Waals surface area contributed by atoms with Crippen molar-refractivity contribution in [3.8, 4) is 0 Å². The fourth-order valence-electron chi connectivity index (χ4n) is 2.07. The fourth-order valence-corrected chi connectivity index (χ4v) is 2.96. The Morgan fingerprint density at radius 1 is 1.69 bits per heavy atom. The summed E-state index contributed by atoms with van der Waals surface area (Å²) in [6, 6.07) is 2.63. The molecule has 1 aromatic heterocycles. The van der Waals surface area contributed by atoms with Crippen LogP contribution in [0, 0.1) is 0 Å². The van der Waals surface area contributed by atoms with Crippen LogP contribution in [0.25, 0.3) is 0 Å². The van der Waals surface area contributed by atoms with Crippen molar-refractivity contribution in [3.05, 3.63) is 21.9 Å². The van der Waals surface area contributed by atoms with Crippen LogP contribution in [0.2, 0.25) is 0 Å². The minimum Gasteiger partial charge on any atom is -0.355 e. The monoisotopic (exact) mass is 238 g/mol. The van der Waals surface area contributed by atoms with Gasteiger partial charge in [-0.25, -0.2) is 0 Å². The van der Waals surface area contributed by atoms with E-state index in [9.17, 15) is 4.79 Å². The summed E-state index contributed by atoms with van der Waals surface area (Å²) in [5.74, 6) is 0.0556. The quantitative estimate of drug-likeness (QED) is 0.868. The summed E-state index contributed by atoms with van der Waals surface area (Å²) in [7, 11) is 0. The Morgan fingerprint density at radius 2 is 2.50 bits per heavy atom. The number of fused-ring (bicyclic) bond motifs is 1. The van der Waals surface area contributed by atoms with E-state index < -0.39 is 0 Å². The van der Waals surface area contributed by atoms with Crippen LogP contribution >= 0.6 is 11.3 Å². The molecule has 4 heteroatoms. The van der Waals surface area contributed by atoms with Crippen molar-refractivity contribution in [1.29, 1.82) is 0 Å². The smallest absolute Gasteiger partial charge is 0.216 e. The van der Waals surface area contributed by atoms with E-state index in [4.69, 9.17) is 0 Å². The SMILES string of the molecule is CC(=O)NCC(C)N1CCc2sccc2C1. The minimum absolute atomic E-state index is 0.0556. The van der Waals surface area contributed by atoms with Crippen LogP contribution in [0.4, 0.5) is 0 Å². The molecule has 1 N–H and O–H groups in total. The normalized spacial score (nSPS) is 17.9. The summed E-state index contributed by atoms with van der Waals surface area (Å²) in [5.41, 5.74) is 1.46. The third-order valence-corrected chi connectivity index (χ3v) is 4.13. The van der Waals surface area contributed by atoms with Crippen molar-refractivity contribution in [2.24, 2.45) is 0 Å². The molecule has 0 spiro atoms. The van der Waals surface area contributed by atoms with Crippen molar-refractivity contribution in [1.82, 2.24) is 10.2 Å². The Bertz CT molecular complexity index is 375. The summed E-state index contributed by atoms with van der Waals surface area (Å²) in [5, 5.41) is 5.06. The van der Waals surface area contributed by atoms with Gasteiger partial charge in [-0.1, -0.05) is 0 Å². The molecule has 88 valence electrons. The highest BCUT2D eigenvalue weighted by Crippen LogP contribution is 2.24. The highest BCUT2D eigenvalue weighted by Gasteiger charge is 2.21. The summed E-state index contributed by atoms with van der Waals surface area (Å²) < 4.78 is 0. The fraction of sp³-hybridized carbons (Fsp3) is 0.583. The van der Waals surface area contributed by atoms with Gasteiger partial charge in [0.05, 0.1) is 0 Å². The topological polar surface area (TPSA) is 32.3 Å². The maximum atomic E-state index is 10.9. The van der Waals surface area contributed by atoms with E-state index in [1.807, 2.05) is 11.3 Å². The molecule has 0 bridgehead atoms. The van der Waals surface area contributed by atoms with E-state index in [-0.39, 0.29) is 5.91 Å². The van der Waals surface area contributed by atoms with Crippen LogP contribution in [0.3, 0.4) is 0 Å². The maximum Gasteiger partial charge on any atom is 0.216 e. The molecular weight excluding hydrogens is 220 g/mol. The third-order valence-electron chi connectivity index (χ3n) is 3.11. The van der Waals surface area contributed by atoms with Crippen molar-refractivity contribution in [3.63, 3.8) is 0 Å². The first-order valence-corrected chi connectivity index (χ1v) is 6.58. The zero-order chi connectivity index (χ0) is 11.5. The Morgan fingerprint density at radius 3 is 3.25 bits per heavy atom. The minimum atomic E-state index is 0.0556. The van der Waals surface area contributed by atoms with Crippen LogP contribution in [0.15, 0.2) is 11.4 Å². The van der Waals surface area contributed by atoms with Crippen molar-refractivity contribution in [2.45, 2.75) is 32.9 Å². The van der Waals surface area contributed by atoms with Gasteiger partial charge < -0.3 is 5.32 Å². The van der Waals surface area contributed by atoms with Crippen LogP contribution in [-0.4, -0.2) is 29.9 Å². The second-order valence-corrected chi connectivity index (χ2v) is 5.38. The predicted octanol–water partition coefficient (Wildman–Crippen LogP) is 1.63. The molecule has 0 saturated heterocycles. The van der Waals surface area contributed by atoms with E-state index in [0.717, 1.165) is 26.1 Å². The van der Waals surface area contributed by atoms with Gasteiger partial charge in [0.2, 0.25) is 5.91 Å². The van der Waals surface area contributed by atoms with E-state index in [0.29, 0.717) is 6.04 Å². The molecule has 2 heterocycles. The van der Waals surface area contributed by atoms with E-state index >= 15 is 0 Å². The summed E-state index contributed by atoms with van der Waals surface area (Å²) in [4.78, 5) is 14.8. The van der Waals surface area contributed by atoms with Crippen LogP contribution < -0.4 is 5.32 Å². The number of carbonyl (C=O) groups excluding carboxylic acids is 1. The first kappa shape index (κ1) is 11.6. The largest absolute Gasteiger partial charge is 0.355 e. The first-order valence-electron chi connectivity index (χ1n) is 5.70. The molecule has 0 fully saturated rings. The van der Waals surface area contributed by atoms with Crippen LogP contribution in [-0.2, 0) is 17.8 Å². The number of rotatable bonds is 3. The zero-order valence-corrected chi connectivity index (χ0v) is 10.6.